The molecular weight excluding hydrogens is 458 g/mol. The van der Waals surface area contributed by atoms with Gasteiger partial charge in [0.2, 0.25) is 5.58 Å². The fourth-order valence-corrected chi connectivity index (χ4v) is 6.28. The summed E-state index contributed by atoms with van der Waals surface area (Å²) in [6.07, 6.45) is 1.72. The molecule has 1 aliphatic heterocycles. The summed E-state index contributed by atoms with van der Waals surface area (Å²) in [4.78, 5) is 27.8. The number of hydrogen-bond donors (Lipinski definition) is 0. The number of aromatic nitrogens is 2. The number of para-hydroxylation sites is 1. The van der Waals surface area contributed by atoms with Gasteiger partial charge in [-0.3, -0.25) is 9.36 Å². The zero-order valence-corrected chi connectivity index (χ0v) is 20.2. The van der Waals surface area contributed by atoms with Crippen LogP contribution in [0.25, 0.3) is 22.2 Å². The minimum atomic E-state index is -1.32. The van der Waals surface area contributed by atoms with Crippen molar-refractivity contribution in [3.63, 3.8) is 0 Å². The number of hydrogen-bond acceptors (Lipinski definition) is 7. The predicted molar refractivity (Wildman–Crippen MR) is 127 cm³/mol. The van der Waals surface area contributed by atoms with E-state index in [4.69, 9.17) is 4.42 Å². The highest BCUT2D eigenvalue weighted by Gasteiger charge is 2.25. The van der Waals surface area contributed by atoms with Crippen molar-refractivity contribution in [2.75, 3.05) is 11.9 Å². The molecular formula is C24H21N3O4S2. The first kappa shape index (κ1) is 21.5. The summed E-state index contributed by atoms with van der Waals surface area (Å²) >= 11 is 2.75. The van der Waals surface area contributed by atoms with E-state index in [0.717, 1.165) is 37.8 Å². The minimum absolute atomic E-state index is 0.358. The van der Waals surface area contributed by atoms with E-state index in [1.54, 1.807) is 6.08 Å². The molecule has 0 aliphatic carbocycles. The highest BCUT2D eigenvalue weighted by molar-refractivity contribution is 8.08. The monoisotopic (exact) mass is 479 g/mol. The molecule has 2 aromatic heterocycles. The van der Waals surface area contributed by atoms with Gasteiger partial charge in [0.15, 0.2) is 0 Å². The molecule has 0 saturated heterocycles. The number of oxazole rings is 1. The van der Waals surface area contributed by atoms with Gasteiger partial charge in [0, 0.05) is 18.0 Å². The molecule has 0 spiro atoms. The Morgan fingerprint density at radius 1 is 1.21 bits per heavy atom. The lowest BCUT2D eigenvalue weighted by Crippen LogP contribution is -2.40. The van der Waals surface area contributed by atoms with Crippen LogP contribution in [0.4, 0.5) is 5.69 Å². The van der Waals surface area contributed by atoms with E-state index in [9.17, 15) is 14.7 Å². The molecule has 3 heterocycles. The van der Waals surface area contributed by atoms with Gasteiger partial charge in [-0.15, -0.1) is 11.3 Å². The number of thioether (sulfide) groups is 1. The maximum atomic E-state index is 13.3. The molecule has 33 heavy (non-hydrogen) atoms. The first-order valence-corrected chi connectivity index (χ1v) is 11.9. The normalized spacial score (nSPS) is 15.5. The van der Waals surface area contributed by atoms with Crippen molar-refractivity contribution in [3.8, 4) is 0 Å². The van der Waals surface area contributed by atoms with E-state index in [-0.39, 0.29) is 5.56 Å². The number of nitrogens with zero attached hydrogens (tertiary/aromatic N) is 3. The molecule has 5 rings (SSSR count). The number of rotatable bonds is 3. The van der Waals surface area contributed by atoms with Gasteiger partial charge < -0.3 is 19.2 Å². The third kappa shape index (κ3) is 3.57. The Bertz CT molecular complexity index is 1630. The lowest BCUT2D eigenvalue weighted by molar-refractivity contribution is -0.652. The first-order valence-electron chi connectivity index (χ1n) is 10.3. The molecule has 7 nitrogen and oxygen atoms in total. The van der Waals surface area contributed by atoms with Gasteiger partial charge in [0.1, 0.15) is 21.3 Å². The number of carboxylic acids is 1. The van der Waals surface area contributed by atoms with Crippen molar-refractivity contribution in [1.29, 1.82) is 0 Å². The maximum Gasteiger partial charge on any atom is 0.376 e. The van der Waals surface area contributed by atoms with E-state index < -0.39 is 12.5 Å². The molecule has 2 aromatic carbocycles. The highest BCUT2D eigenvalue weighted by atomic mass is 32.2. The molecule has 0 bridgehead atoms. The summed E-state index contributed by atoms with van der Waals surface area (Å²) in [5.74, 6) is -0.798. The predicted octanol–water partition coefficient (Wildman–Crippen LogP) is 0.984. The highest BCUT2D eigenvalue weighted by Crippen LogP contribution is 2.44. The van der Waals surface area contributed by atoms with Crippen molar-refractivity contribution in [3.05, 3.63) is 73.0 Å². The second kappa shape index (κ2) is 7.93. The average molecular weight is 480 g/mol. The Labute approximate surface area is 197 Å². The Hall–Kier alpha value is -3.30. The fraction of sp³-hybridized carbons (Fsp3) is 0.208. The lowest BCUT2D eigenvalue weighted by Gasteiger charge is -2.11. The second-order valence-corrected chi connectivity index (χ2v) is 10.1. The number of carboxylic acid groups (broad SMARTS) is 1. The summed E-state index contributed by atoms with van der Waals surface area (Å²) in [5, 5.41) is 12.2. The van der Waals surface area contributed by atoms with Crippen LogP contribution in [0.5, 0.6) is 0 Å². The largest absolute Gasteiger partial charge is 0.548 e. The summed E-state index contributed by atoms with van der Waals surface area (Å²) in [6, 6.07) is 11.9. The van der Waals surface area contributed by atoms with E-state index >= 15 is 0 Å². The third-order valence-electron chi connectivity index (χ3n) is 5.86. The van der Waals surface area contributed by atoms with Crippen molar-refractivity contribution in [1.82, 2.24) is 4.57 Å². The van der Waals surface area contributed by atoms with Crippen molar-refractivity contribution in [2.45, 2.75) is 25.3 Å². The van der Waals surface area contributed by atoms with Crippen LogP contribution in [0.2, 0.25) is 0 Å². The number of thiazole rings is 1. The topological polar surface area (TPSA) is 82.4 Å². The van der Waals surface area contributed by atoms with Crippen molar-refractivity contribution >= 4 is 57.0 Å². The van der Waals surface area contributed by atoms with Gasteiger partial charge in [-0.2, -0.15) is 4.57 Å². The number of anilines is 1. The molecule has 0 fully saturated rings. The zero-order chi connectivity index (χ0) is 23.4. The van der Waals surface area contributed by atoms with Crippen LogP contribution in [0, 0.1) is 13.8 Å². The van der Waals surface area contributed by atoms with Crippen LogP contribution in [0.15, 0.2) is 50.5 Å². The summed E-state index contributed by atoms with van der Waals surface area (Å²) < 4.78 is 10.2. The lowest BCUT2D eigenvalue weighted by atomic mass is 10.1. The van der Waals surface area contributed by atoms with Gasteiger partial charge in [0.05, 0.1) is 24.3 Å². The summed E-state index contributed by atoms with van der Waals surface area (Å²) in [7, 11) is 3.79. The Morgan fingerprint density at radius 2 is 1.94 bits per heavy atom. The van der Waals surface area contributed by atoms with Crippen molar-refractivity contribution < 1.29 is 18.9 Å². The molecule has 0 radical (unpaired) electrons. The van der Waals surface area contributed by atoms with Gasteiger partial charge in [-0.05, 0) is 43.2 Å². The molecule has 0 saturated carbocycles. The van der Waals surface area contributed by atoms with Gasteiger partial charge in [-0.1, -0.05) is 23.9 Å². The van der Waals surface area contributed by atoms with Crippen LogP contribution in [0.1, 0.15) is 17.0 Å². The Kier molecular flexibility index (Phi) is 5.18. The van der Waals surface area contributed by atoms with Crippen LogP contribution < -0.4 is 29.3 Å². The zero-order valence-electron chi connectivity index (χ0n) is 18.5. The number of fused-ring (bicyclic) bond motifs is 2. The smallest absolute Gasteiger partial charge is 0.376 e. The SMILES string of the molecule is Cc1cc2oc(C=c3s/c(=C4/Sc5ccccc5N4C)c(=O)n3CC(=O)[O-])[n+](C)c2cc1C. The molecule has 0 unspecified atom stereocenters. The quantitative estimate of drug-likeness (QED) is 0.408. The minimum Gasteiger partial charge on any atom is -0.548 e. The van der Waals surface area contributed by atoms with E-state index in [2.05, 4.69) is 6.07 Å². The average Bonchev–Trinajstić information content (AvgIpc) is 3.36. The number of aryl methyl sites for hydroxylation is 3. The first-order chi connectivity index (χ1) is 15.7. The molecule has 0 N–H and O–H groups in total. The molecule has 0 amide bonds. The number of carbonyl (C=O) groups excluding carboxylic acids is 1. The van der Waals surface area contributed by atoms with E-state index in [1.807, 2.05) is 67.7 Å². The van der Waals surface area contributed by atoms with Crippen LogP contribution in [-0.2, 0) is 18.4 Å². The van der Waals surface area contributed by atoms with Crippen LogP contribution >= 0.6 is 23.1 Å². The molecule has 168 valence electrons. The van der Waals surface area contributed by atoms with Gasteiger partial charge >= 0.3 is 5.89 Å². The van der Waals surface area contributed by atoms with Gasteiger partial charge in [-0.25, -0.2) is 0 Å². The standard InChI is InChI=1S/C24H21N3O4S2/c1-13-9-16-17(10-14(13)2)31-19(25(16)3)11-20-27(12-21(28)29)23(30)22(33-20)24-26(4)15-7-5-6-8-18(15)32-24/h5-11H,12H2,1-4H3/b24-22+. The maximum absolute atomic E-state index is 13.3. The van der Waals surface area contributed by atoms with E-state index in [1.165, 1.54) is 27.7 Å². The Morgan fingerprint density at radius 3 is 2.67 bits per heavy atom. The second-order valence-electron chi connectivity index (χ2n) is 8.01. The van der Waals surface area contributed by atoms with Crippen LogP contribution in [0.3, 0.4) is 0 Å². The summed E-state index contributed by atoms with van der Waals surface area (Å²) in [6.45, 7) is 3.53. The number of aliphatic carboxylic acids is 1. The number of benzene rings is 2. The van der Waals surface area contributed by atoms with E-state index in [0.29, 0.717) is 15.1 Å². The third-order valence-corrected chi connectivity index (χ3v) is 8.35. The Balaban J connectivity index is 1.75. The van der Waals surface area contributed by atoms with Crippen LogP contribution in [-0.4, -0.2) is 17.6 Å². The number of carbonyl (C=O) groups is 1. The molecule has 0 atom stereocenters. The molecule has 9 heteroatoms. The molecule has 1 aliphatic rings. The summed E-state index contributed by atoms with van der Waals surface area (Å²) in [5.41, 5.74) is 4.57. The van der Waals surface area contributed by atoms with Crippen molar-refractivity contribution in [2.24, 2.45) is 7.05 Å². The fourth-order valence-electron chi connectivity index (χ4n) is 3.90. The molecule has 4 aromatic rings. The van der Waals surface area contributed by atoms with Gasteiger partial charge in [0.25, 0.3) is 11.1 Å².